The van der Waals surface area contributed by atoms with Crippen LogP contribution in [0.5, 0.6) is 0 Å². The van der Waals surface area contributed by atoms with E-state index < -0.39 is 5.91 Å². The Morgan fingerprint density at radius 1 is 1.21 bits per heavy atom. The van der Waals surface area contributed by atoms with Gasteiger partial charge in [0, 0.05) is 22.2 Å². The number of anilines is 1. The van der Waals surface area contributed by atoms with Gasteiger partial charge in [0.15, 0.2) is 6.19 Å². The molecule has 1 amide bonds. The van der Waals surface area contributed by atoms with E-state index in [9.17, 15) is 10.1 Å². The number of nitrogens with one attached hydrogen (secondary N) is 1. The monoisotopic (exact) mass is 337 g/mol. The molecule has 6 nitrogen and oxygen atoms in total. The smallest absolute Gasteiger partial charge is 0.266 e. The highest BCUT2D eigenvalue weighted by atomic mass is 35.5. The number of halogens is 1. The Balaban J connectivity index is 1.96. The number of hydrogen-bond donors (Lipinski definition) is 2. The van der Waals surface area contributed by atoms with Crippen molar-refractivity contribution < 1.29 is 4.79 Å². The van der Waals surface area contributed by atoms with Crippen LogP contribution >= 0.6 is 11.6 Å². The van der Waals surface area contributed by atoms with Gasteiger partial charge in [0.1, 0.15) is 5.84 Å². The number of fused-ring (bicyclic) bond motifs is 1. The average molecular weight is 338 g/mol. The number of amides is 1. The maximum absolute atomic E-state index is 12.5. The number of nitrogens with zero attached hydrogens (tertiary/aromatic N) is 3. The normalized spacial score (nSPS) is 13.9. The lowest BCUT2D eigenvalue weighted by Gasteiger charge is -2.11. The molecule has 7 heteroatoms. The van der Waals surface area contributed by atoms with Crippen LogP contribution in [-0.2, 0) is 4.79 Å². The third-order valence-electron chi connectivity index (χ3n) is 3.49. The molecule has 0 fully saturated rings. The molecule has 0 saturated heterocycles. The minimum absolute atomic E-state index is 0.427. The molecular formula is C17H12ClN5O. The fourth-order valence-corrected chi connectivity index (χ4v) is 2.51. The summed E-state index contributed by atoms with van der Waals surface area (Å²) in [5, 5.41) is 9.83. The first-order chi connectivity index (χ1) is 11.6. The van der Waals surface area contributed by atoms with Crippen molar-refractivity contribution in [3.05, 3.63) is 70.8 Å². The largest absolute Gasteiger partial charge is 0.308 e. The molecule has 0 aromatic heterocycles. The van der Waals surface area contributed by atoms with Crippen molar-refractivity contribution in [1.29, 1.82) is 5.26 Å². The summed E-state index contributed by atoms with van der Waals surface area (Å²) in [6.07, 6.45) is 3.17. The number of carbonyl (C=O) groups is 1. The second kappa shape index (κ2) is 6.54. The van der Waals surface area contributed by atoms with Crippen LogP contribution in [0.1, 0.15) is 11.1 Å². The lowest BCUT2D eigenvalue weighted by Crippen LogP contribution is -2.29. The van der Waals surface area contributed by atoms with Gasteiger partial charge in [-0.2, -0.15) is 5.26 Å². The summed E-state index contributed by atoms with van der Waals surface area (Å²) in [5.74, 6) is 5.43. The topological polar surface area (TPSA) is 94.5 Å². The Bertz CT molecular complexity index is 896. The van der Waals surface area contributed by atoms with Gasteiger partial charge in [0.2, 0.25) is 0 Å². The average Bonchev–Trinajstić information content (AvgIpc) is 2.95. The number of benzene rings is 2. The second-order valence-corrected chi connectivity index (χ2v) is 5.37. The minimum atomic E-state index is -0.508. The van der Waals surface area contributed by atoms with Crippen molar-refractivity contribution in [2.45, 2.75) is 0 Å². The summed E-state index contributed by atoms with van der Waals surface area (Å²) in [7, 11) is 0. The van der Waals surface area contributed by atoms with Crippen LogP contribution in [-0.4, -0.2) is 11.7 Å². The van der Waals surface area contributed by atoms with Crippen molar-refractivity contribution in [2.24, 2.45) is 10.8 Å². The molecule has 1 aliphatic heterocycles. The molecule has 0 atom stereocenters. The highest BCUT2D eigenvalue weighted by Gasteiger charge is 2.22. The molecule has 1 heterocycles. The molecule has 118 valence electrons. The van der Waals surface area contributed by atoms with E-state index in [1.54, 1.807) is 24.3 Å². The van der Waals surface area contributed by atoms with E-state index in [1.807, 2.05) is 30.5 Å². The summed E-state index contributed by atoms with van der Waals surface area (Å²) in [5.41, 5.74) is 4.95. The fourth-order valence-electron chi connectivity index (χ4n) is 2.38. The molecular weight excluding hydrogens is 326 g/mol. The molecule has 2 aromatic rings. The zero-order valence-corrected chi connectivity index (χ0v) is 13.2. The zero-order valence-electron chi connectivity index (χ0n) is 12.4. The van der Waals surface area contributed by atoms with Crippen LogP contribution in [0.15, 0.2) is 59.6 Å². The highest BCUT2D eigenvalue weighted by molar-refractivity contribution is 6.30. The Labute approximate surface area is 143 Å². The van der Waals surface area contributed by atoms with E-state index in [0.717, 1.165) is 16.0 Å². The van der Waals surface area contributed by atoms with Crippen molar-refractivity contribution >= 4 is 34.7 Å². The number of aliphatic imine (C=N–C) groups is 1. The zero-order chi connectivity index (χ0) is 17.1. The Hall–Kier alpha value is -3.14. The van der Waals surface area contributed by atoms with Crippen molar-refractivity contribution in [3.63, 3.8) is 0 Å². The quantitative estimate of drug-likeness (QED) is 0.289. The third kappa shape index (κ3) is 2.86. The SMILES string of the molecule is N#CN(C(=O)/C=C1\N=C(NN)c2ccccc21)c1ccc(Cl)cc1. The molecule has 2 aromatic carbocycles. The lowest BCUT2D eigenvalue weighted by atomic mass is 10.1. The van der Waals surface area contributed by atoms with Gasteiger partial charge in [-0.25, -0.2) is 15.7 Å². The van der Waals surface area contributed by atoms with E-state index in [-0.39, 0.29) is 0 Å². The predicted octanol–water partition coefficient (Wildman–Crippen LogP) is 2.42. The first-order valence-electron chi connectivity index (χ1n) is 7.00. The van der Waals surface area contributed by atoms with Crippen LogP contribution < -0.4 is 16.2 Å². The number of nitriles is 1. The van der Waals surface area contributed by atoms with Gasteiger partial charge in [-0.15, -0.1) is 0 Å². The van der Waals surface area contributed by atoms with Gasteiger partial charge in [-0.05, 0) is 24.3 Å². The molecule has 0 bridgehead atoms. The fraction of sp³-hybridized carbons (Fsp3) is 0. The van der Waals surface area contributed by atoms with Crippen LogP contribution in [0, 0.1) is 11.5 Å². The van der Waals surface area contributed by atoms with E-state index in [0.29, 0.717) is 22.2 Å². The predicted molar refractivity (Wildman–Crippen MR) is 92.8 cm³/mol. The second-order valence-electron chi connectivity index (χ2n) is 4.93. The van der Waals surface area contributed by atoms with Crippen LogP contribution in [0.4, 0.5) is 5.69 Å². The molecule has 0 unspecified atom stereocenters. The maximum Gasteiger partial charge on any atom is 0.266 e. The van der Waals surface area contributed by atoms with Crippen LogP contribution in [0.25, 0.3) is 5.70 Å². The highest BCUT2D eigenvalue weighted by Crippen LogP contribution is 2.28. The van der Waals surface area contributed by atoms with Crippen molar-refractivity contribution in [2.75, 3.05) is 4.90 Å². The Kier molecular flexibility index (Phi) is 4.29. The molecule has 0 aliphatic carbocycles. The lowest BCUT2D eigenvalue weighted by molar-refractivity contribution is -0.113. The van der Waals surface area contributed by atoms with Gasteiger partial charge in [0.05, 0.1) is 11.4 Å². The molecule has 3 rings (SSSR count). The van der Waals surface area contributed by atoms with Crippen molar-refractivity contribution in [1.82, 2.24) is 5.43 Å². The molecule has 1 aliphatic rings. The maximum atomic E-state index is 12.5. The molecule has 0 spiro atoms. The number of rotatable bonds is 2. The molecule has 3 N–H and O–H groups in total. The first kappa shape index (κ1) is 15.7. The first-order valence-corrected chi connectivity index (χ1v) is 7.38. The Morgan fingerprint density at radius 3 is 2.50 bits per heavy atom. The standard InChI is InChI=1S/C17H12ClN5O/c18-11-5-7-12(8-6-11)23(10-19)16(24)9-15-13-3-1-2-4-14(13)17(21-15)22-20/h1-9H,20H2,(H,21,22)/b15-9-. The number of hydrogen-bond acceptors (Lipinski definition) is 5. The van der Waals surface area contributed by atoms with Crippen LogP contribution in [0.2, 0.25) is 5.02 Å². The Morgan fingerprint density at radius 2 is 1.88 bits per heavy atom. The number of amidine groups is 1. The van der Waals surface area contributed by atoms with Gasteiger partial charge in [-0.1, -0.05) is 35.9 Å². The summed E-state index contributed by atoms with van der Waals surface area (Å²) >= 11 is 5.83. The van der Waals surface area contributed by atoms with Gasteiger partial charge in [-0.3, -0.25) is 4.79 Å². The van der Waals surface area contributed by atoms with Crippen molar-refractivity contribution in [3.8, 4) is 6.19 Å². The number of carbonyl (C=O) groups excluding carboxylic acids is 1. The number of hydrazine groups is 1. The van der Waals surface area contributed by atoms with Gasteiger partial charge in [0.25, 0.3) is 5.91 Å². The summed E-state index contributed by atoms with van der Waals surface area (Å²) in [6, 6.07) is 13.8. The summed E-state index contributed by atoms with van der Waals surface area (Å²) < 4.78 is 0. The third-order valence-corrected chi connectivity index (χ3v) is 3.74. The van der Waals surface area contributed by atoms with Crippen LogP contribution in [0.3, 0.4) is 0 Å². The molecule has 0 saturated carbocycles. The van der Waals surface area contributed by atoms with E-state index in [4.69, 9.17) is 17.4 Å². The molecule has 24 heavy (non-hydrogen) atoms. The van der Waals surface area contributed by atoms with E-state index in [1.165, 1.54) is 6.08 Å². The number of nitrogens with two attached hydrogens (primary N) is 1. The van der Waals surface area contributed by atoms with Gasteiger partial charge >= 0.3 is 0 Å². The summed E-state index contributed by atoms with van der Waals surface area (Å²) in [6.45, 7) is 0. The molecule has 0 radical (unpaired) electrons. The van der Waals surface area contributed by atoms with E-state index in [2.05, 4.69) is 10.4 Å². The summed E-state index contributed by atoms with van der Waals surface area (Å²) in [4.78, 5) is 17.8. The van der Waals surface area contributed by atoms with Gasteiger partial charge < -0.3 is 5.43 Å². The van der Waals surface area contributed by atoms with E-state index >= 15 is 0 Å². The minimum Gasteiger partial charge on any atom is -0.308 e.